The highest BCUT2D eigenvalue weighted by Crippen LogP contribution is 2.29. The molecule has 2 rings (SSSR count). The summed E-state index contributed by atoms with van der Waals surface area (Å²) in [6.45, 7) is 7.24. The van der Waals surface area contributed by atoms with Gasteiger partial charge >= 0.3 is 0 Å². The van der Waals surface area contributed by atoms with E-state index in [0.717, 1.165) is 34.8 Å². The van der Waals surface area contributed by atoms with Gasteiger partial charge in [-0.2, -0.15) is 0 Å². The molecule has 0 spiro atoms. The van der Waals surface area contributed by atoms with Gasteiger partial charge in [0, 0.05) is 18.6 Å². The van der Waals surface area contributed by atoms with Crippen LogP contribution in [0, 0.1) is 13.8 Å². The lowest BCUT2D eigenvalue weighted by atomic mass is 9.99. The molecule has 116 valence electrons. The molecule has 2 aromatic carbocycles. The number of hydrogen-bond acceptors (Lipinski definition) is 1. The first-order valence-corrected chi connectivity index (χ1v) is 7.97. The minimum Gasteiger partial charge on any atom is -0.366 e. The molecule has 0 radical (unpaired) electrons. The molecule has 0 fully saturated rings. The fraction of sp³-hybridized carbons (Fsp3) is 0.316. The second-order valence-corrected chi connectivity index (χ2v) is 6.06. The Bertz CT molecular complexity index is 677. The van der Waals surface area contributed by atoms with Crippen molar-refractivity contribution in [2.24, 2.45) is 4.99 Å². The molecule has 0 aromatic heterocycles. The van der Waals surface area contributed by atoms with Crippen molar-refractivity contribution in [1.29, 1.82) is 0 Å². The summed E-state index contributed by atoms with van der Waals surface area (Å²) in [5.41, 5.74) is 5.83. The van der Waals surface area contributed by atoms with Crippen LogP contribution in [0.4, 0.5) is 5.69 Å². The van der Waals surface area contributed by atoms with Crippen molar-refractivity contribution < 1.29 is 0 Å². The van der Waals surface area contributed by atoms with E-state index < -0.39 is 0 Å². The van der Waals surface area contributed by atoms with Gasteiger partial charge in [-0.1, -0.05) is 41.9 Å². The topological polar surface area (TPSA) is 15.6 Å². The largest absolute Gasteiger partial charge is 0.366 e. The molecule has 0 bridgehead atoms. The van der Waals surface area contributed by atoms with Crippen molar-refractivity contribution >= 4 is 23.6 Å². The molecule has 0 aliphatic rings. The molecule has 2 nitrogen and oxygen atoms in total. The first kappa shape index (κ1) is 16.6. The number of rotatable bonds is 5. The number of hydrogen-bond donors (Lipinski definition) is 0. The van der Waals surface area contributed by atoms with Crippen LogP contribution in [0.2, 0.25) is 5.02 Å². The van der Waals surface area contributed by atoms with E-state index >= 15 is 0 Å². The third kappa shape index (κ3) is 4.11. The Labute approximate surface area is 138 Å². The van der Waals surface area contributed by atoms with Crippen molar-refractivity contribution in [3.63, 3.8) is 0 Å². The number of aryl methyl sites for hydroxylation is 2. The SMILES string of the molecule is CCN(C)C=Nc1cc(Cl)c(Cc2ccccc2C)cc1C. The molecule has 0 saturated carbocycles. The van der Waals surface area contributed by atoms with E-state index in [1.54, 1.807) is 0 Å². The van der Waals surface area contributed by atoms with Crippen LogP contribution in [0.15, 0.2) is 41.4 Å². The normalized spacial score (nSPS) is 11.1. The maximum Gasteiger partial charge on any atom is 0.0909 e. The second-order valence-electron chi connectivity index (χ2n) is 5.65. The second kappa shape index (κ2) is 7.46. The smallest absolute Gasteiger partial charge is 0.0909 e. The Hall–Kier alpha value is -1.80. The lowest BCUT2D eigenvalue weighted by Crippen LogP contribution is -2.14. The first-order valence-electron chi connectivity index (χ1n) is 7.59. The summed E-state index contributed by atoms with van der Waals surface area (Å²) in [5.74, 6) is 0. The van der Waals surface area contributed by atoms with Crippen LogP contribution in [0.3, 0.4) is 0 Å². The molecule has 0 unspecified atom stereocenters. The van der Waals surface area contributed by atoms with Crippen molar-refractivity contribution in [1.82, 2.24) is 4.90 Å². The van der Waals surface area contributed by atoms with E-state index in [0.29, 0.717) is 0 Å². The summed E-state index contributed by atoms with van der Waals surface area (Å²) in [4.78, 5) is 6.56. The highest BCUT2D eigenvalue weighted by atomic mass is 35.5. The first-order chi connectivity index (χ1) is 10.5. The summed E-state index contributed by atoms with van der Waals surface area (Å²) in [6.07, 6.45) is 2.70. The quantitative estimate of drug-likeness (QED) is 0.550. The lowest BCUT2D eigenvalue weighted by molar-refractivity contribution is 0.552. The standard InChI is InChI=1S/C19H23ClN2/c1-5-22(4)13-21-19-12-18(20)17(10-15(19)3)11-16-9-7-6-8-14(16)2/h6-10,12-13H,5,11H2,1-4H3. The monoisotopic (exact) mass is 314 g/mol. The van der Waals surface area contributed by atoms with Crippen molar-refractivity contribution in [3.05, 3.63) is 63.7 Å². The van der Waals surface area contributed by atoms with Gasteiger partial charge in [-0.3, -0.25) is 0 Å². The van der Waals surface area contributed by atoms with Crippen LogP contribution in [0.1, 0.15) is 29.2 Å². The molecule has 0 atom stereocenters. The summed E-state index contributed by atoms with van der Waals surface area (Å²) < 4.78 is 0. The molecule has 0 heterocycles. The predicted molar refractivity (Wildman–Crippen MR) is 96.6 cm³/mol. The van der Waals surface area contributed by atoms with Gasteiger partial charge in [0.2, 0.25) is 0 Å². The number of halogens is 1. The van der Waals surface area contributed by atoms with Gasteiger partial charge in [0.05, 0.1) is 12.0 Å². The summed E-state index contributed by atoms with van der Waals surface area (Å²) in [7, 11) is 2.01. The molecule has 3 heteroatoms. The van der Waals surface area contributed by atoms with Crippen LogP contribution in [0.25, 0.3) is 0 Å². The van der Waals surface area contributed by atoms with Crippen molar-refractivity contribution in [2.45, 2.75) is 27.2 Å². The Morgan fingerprint density at radius 2 is 1.82 bits per heavy atom. The molecule has 0 aliphatic heterocycles. The van der Waals surface area contributed by atoms with Gasteiger partial charge < -0.3 is 4.90 Å². The number of aliphatic imine (C=N–C) groups is 1. The van der Waals surface area contributed by atoms with E-state index in [9.17, 15) is 0 Å². The lowest BCUT2D eigenvalue weighted by Gasteiger charge is -2.12. The van der Waals surface area contributed by atoms with Gasteiger partial charge in [0.15, 0.2) is 0 Å². The van der Waals surface area contributed by atoms with Crippen LogP contribution >= 0.6 is 11.6 Å². The Morgan fingerprint density at radius 3 is 2.50 bits per heavy atom. The highest BCUT2D eigenvalue weighted by molar-refractivity contribution is 6.31. The maximum absolute atomic E-state index is 6.47. The number of nitrogens with zero attached hydrogens (tertiary/aromatic N) is 2. The fourth-order valence-electron chi connectivity index (χ4n) is 2.26. The zero-order valence-electron chi connectivity index (χ0n) is 13.7. The third-order valence-corrected chi connectivity index (χ3v) is 4.25. The molecule has 2 aromatic rings. The summed E-state index contributed by atoms with van der Waals surface area (Å²) in [6, 6.07) is 12.5. The average molecular weight is 315 g/mol. The molecule has 0 saturated heterocycles. The van der Waals surface area contributed by atoms with Gasteiger partial charge in [0.25, 0.3) is 0 Å². The van der Waals surface area contributed by atoms with E-state index in [1.165, 1.54) is 11.1 Å². The van der Waals surface area contributed by atoms with Gasteiger partial charge in [-0.15, -0.1) is 0 Å². The van der Waals surface area contributed by atoms with Gasteiger partial charge in [0.1, 0.15) is 0 Å². The van der Waals surface area contributed by atoms with Gasteiger partial charge in [-0.25, -0.2) is 4.99 Å². The summed E-state index contributed by atoms with van der Waals surface area (Å²) >= 11 is 6.47. The molecule has 0 amide bonds. The van der Waals surface area contributed by atoms with E-state index in [2.05, 4.69) is 56.1 Å². The zero-order chi connectivity index (χ0) is 16.1. The molecular formula is C19H23ClN2. The van der Waals surface area contributed by atoms with Gasteiger partial charge in [-0.05, 0) is 55.5 Å². The summed E-state index contributed by atoms with van der Waals surface area (Å²) in [5, 5.41) is 0.778. The van der Waals surface area contributed by atoms with Crippen LogP contribution < -0.4 is 0 Å². The van der Waals surface area contributed by atoms with E-state index in [1.807, 2.05) is 24.4 Å². The Morgan fingerprint density at radius 1 is 1.09 bits per heavy atom. The van der Waals surface area contributed by atoms with Crippen molar-refractivity contribution in [3.8, 4) is 0 Å². The fourth-order valence-corrected chi connectivity index (χ4v) is 2.49. The third-order valence-electron chi connectivity index (χ3n) is 3.90. The van der Waals surface area contributed by atoms with Crippen LogP contribution in [0.5, 0.6) is 0 Å². The van der Waals surface area contributed by atoms with Crippen molar-refractivity contribution in [2.75, 3.05) is 13.6 Å². The Balaban J connectivity index is 2.27. The van der Waals surface area contributed by atoms with Crippen LogP contribution in [-0.2, 0) is 6.42 Å². The molecule has 22 heavy (non-hydrogen) atoms. The minimum atomic E-state index is 0.778. The average Bonchev–Trinajstić information content (AvgIpc) is 2.51. The zero-order valence-corrected chi connectivity index (χ0v) is 14.5. The number of benzene rings is 2. The maximum atomic E-state index is 6.47. The molecule has 0 aliphatic carbocycles. The minimum absolute atomic E-state index is 0.778. The van der Waals surface area contributed by atoms with E-state index in [4.69, 9.17) is 11.6 Å². The van der Waals surface area contributed by atoms with Crippen LogP contribution in [-0.4, -0.2) is 24.8 Å². The Kier molecular flexibility index (Phi) is 5.62. The highest BCUT2D eigenvalue weighted by Gasteiger charge is 2.07. The molecular weight excluding hydrogens is 292 g/mol. The molecule has 0 N–H and O–H groups in total. The van der Waals surface area contributed by atoms with E-state index in [-0.39, 0.29) is 0 Å². The predicted octanol–water partition coefficient (Wildman–Crippen LogP) is 5.16.